The van der Waals surface area contributed by atoms with Crippen LogP contribution in [0.15, 0.2) is 40.2 Å². The van der Waals surface area contributed by atoms with Gasteiger partial charge in [-0.1, -0.05) is 18.2 Å². The number of hydrogen-bond donors (Lipinski definition) is 0. The standard InChI is InChI=1S/C14H13N5O4/c1-16-12-11(13(20)17(2)14(16)21)18(8-15-12)7-9-5-3-4-6-10(9)19(22)23/h3-6,8H,7H2,1-2H3. The summed E-state index contributed by atoms with van der Waals surface area (Å²) in [6, 6.07) is 6.30. The minimum Gasteiger partial charge on any atom is -0.320 e. The van der Waals surface area contributed by atoms with Crippen molar-refractivity contribution in [3.8, 4) is 0 Å². The summed E-state index contributed by atoms with van der Waals surface area (Å²) in [5, 5.41) is 11.1. The Labute approximate surface area is 129 Å². The molecule has 0 aliphatic rings. The fourth-order valence-corrected chi connectivity index (χ4v) is 2.52. The minimum absolute atomic E-state index is 0.0315. The van der Waals surface area contributed by atoms with Gasteiger partial charge in [-0.3, -0.25) is 24.0 Å². The quantitative estimate of drug-likeness (QED) is 0.513. The molecule has 2 aromatic heterocycles. The molecule has 0 atom stereocenters. The van der Waals surface area contributed by atoms with Crippen LogP contribution < -0.4 is 11.2 Å². The summed E-state index contributed by atoms with van der Waals surface area (Å²) < 4.78 is 3.77. The van der Waals surface area contributed by atoms with E-state index in [0.717, 1.165) is 4.57 Å². The van der Waals surface area contributed by atoms with Crippen molar-refractivity contribution in [2.24, 2.45) is 14.1 Å². The number of rotatable bonds is 3. The van der Waals surface area contributed by atoms with Crippen molar-refractivity contribution in [2.45, 2.75) is 6.54 Å². The molecule has 2 heterocycles. The SMILES string of the molecule is Cn1c(=O)c2c(ncn2Cc2ccccc2[N+](=O)[O-])n(C)c1=O. The van der Waals surface area contributed by atoms with Crippen LogP contribution in [0.3, 0.4) is 0 Å². The van der Waals surface area contributed by atoms with Gasteiger partial charge in [0.05, 0.1) is 17.8 Å². The number of nitro groups is 1. The summed E-state index contributed by atoms with van der Waals surface area (Å²) in [4.78, 5) is 39.0. The topological polar surface area (TPSA) is 105 Å². The number of fused-ring (bicyclic) bond motifs is 1. The molecule has 3 rings (SSSR count). The molecule has 9 nitrogen and oxygen atoms in total. The summed E-state index contributed by atoms with van der Waals surface area (Å²) in [6.45, 7) is 0.112. The summed E-state index contributed by atoms with van der Waals surface area (Å²) >= 11 is 0. The molecule has 0 N–H and O–H groups in total. The second-order valence-electron chi connectivity index (χ2n) is 5.14. The summed E-state index contributed by atoms with van der Waals surface area (Å²) in [7, 11) is 2.90. The van der Waals surface area contributed by atoms with Crippen molar-refractivity contribution < 1.29 is 4.92 Å². The lowest BCUT2D eigenvalue weighted by Crippen LogP contribution is -2.37. The number of nitro benzene ring substituents is 1. The number of hydrogen-bond acceptors (Lipinski definition) is 5. The molecular weight excluding hydrogens is 302 g/mol. The fraction of sp³-hybridized carbons (Fsp3) is 0.214. The van der Waals surface area contributed by atoms with E-state index in [9.17, 15) is 19.7 Å². The molecule has 9 heteroatoms. The number of aromatic nitrogens is 4. The predicted octanol–water partition coefficient (Wildman–Crippen LogP) is 0.390. The molecule has 0 bridgehead atoms. The third-order valence-electron chi connectivity index (χ3n) is 3.75. The van der Waals surface area contributed by atoms with Gasteiger partial charge in [0.15, 0.2) is 11.2 Å². The van der Waals surface area contributed by atoms with Gasteiger partial charge in [0.2, 0.25) is 0 Å². The Bertz CT molecular complexity index is 1040. The van der Waals surface area contributed by atoms with Crippen LogP contribution in [0.5, 0.6) is 0 Å². The summed E-state index contributed by atoms with van der Waals surface area (Å²) in [6.07, 6.45) is 1.40. The van der Waals surface area contributed by atoms with E-state index >= 15 is 0 Å². The molecule has 3 aromatic rings. The van der Waals surface area contributed by atoms with Crippen molar-refractivity contribution in [1.82, 2.24) is 18.7 Å². The first-order valence-corrected chi connectivity index (χ1v) is 6.75. The van der Waals surface area contributed by atoms with Crippen LogP contribution in [-0.2, 0) is 20.6 Å². The van der Waals surface area contributed by atoms with Gasteiger partial charge < -0.3 is 4.57 Å². The molecule has 118 valence electrons. The van der Waals surface area contributed by atoms with Crippen LogP contribution in [0.25, 0.3) is 11.2 Å². The molecule has 0 amide bonds. The van der Waals surface area contributed by atoms with Crippen molar-refractivity contribution in [2.75, 3.05) is 0 Å². The highest BCUT2D eigenvalue weighted by atomic mass is 16.6. The van der Waals surface area contributed by atoms with Crippen molar-refractivity contribution in [3.63, 3.8) is 0 Å². The number of para-hydroxylation sites is 1. The van der Waals surface area contributed by atoms with E-state index in [1.165, 1.54) is 35.6 Å². The van der Waals surface area contributed by atoms with Gasteiger partial charge in [-0.25, -0.2) is 9.78 Å². The second kappa shape index (κ2) is 5.20. The lowest BCUT2D eigenvalue weighted by Gasteiger charge is -2.07. The highest BCUT2D eigenvalue weighted by molar-refractivity contribution is 5.70. The van der Waals surface area contributed by atoms with E-state index in [1.807, 2.05) is 0 Å². The zero-order valence-corrected chi connectivity index (χ0v) is 12.5. The normalized spacial score (nSPS) is 11.0. The molecule has 0 saturated carbocycles. The zero-order valence-electron chi connectivity index (χ0n) is 12.5. The third-order valence-corrected chi connectivity index (χ3v) is 3.75. The Morgan fingerprint density at radius 1 is 1.17 bits per heavy atom. The number of benzene rings is 1. The van der Waals surface area contributed by atoms with Gasteiger partial charge in [-0.15, -0.1) is 0 Å². The van der Waals surface area contributed by atoms with Gasteiger partial charge in [-0.05, 0) is 0 Å². The van der Waals surface area contributed by atoms with E-state index in [-0.39, 0.29) is 23.4 Å². The van der Waals surface area contributed by atoms with Crippen LogP contribution in [0, 0.1) is 10.1 Å². The highest BCUT2D eigenvalue weighted by Crippen LogP contribution is 2.19. The van der Waals surface area contributed by atoms with Gasteiger partial charge in [0, 0.05) is 25.7 Å². The first-order valence-electron chi connectivity index (χ1n) is 6.75. The molecule has 0 saturated heterocycles. The van der Waals surface area contributed by atoms with E-state index in [0.29, 0.717) is 5.56 Å². The number of imidazole rings is 1. The molecule has 1 aromatic carbocycles. The maximum Gasteiger partial charge on any atom is 0.332 e. The average Bonchev–Trinajstić information content (AvgIpc) is 2.95. The van der Waals surface area contributed by atoms with Crippen molar-refractivity contribution in [1.29, 1.82) is 0 Å². The van der Waals surface area contributed by atoms with E-state index in [2.05, 4.69) is 4.98 Å². The van der Waals surface area contributed by atoms with E-state index < -0.39 is 16.2 Å². The number of nitrogens with zero attached hydrogens (tertiary/aromatic N) is 5. The Balaban J connectivity index is 2.22. The van der Waals surface area contributed by atoms with Gasteiger partial charge in [0.1, 0.15) is 0 Å². The molecule has 0 aliphatic carbocycles. The van der Waals surface area contributed by atoms with Crippen LogP contribution in [0.1, 0.15) is 5.56 Å². The monoisotopic (exact) mass is 315 g/mol. The zero-order chi connectivity index (χ0) is 16.7. The van der Waals surface area contributed by atoms with E-state index in [1.54, 1.807) is 18.2 Å². The maximum atomic E-state index is 12.3. The molecule has 0 spiro atoms. The van der Waals surface area contributed by atoms with Gasteiger partial charge in [-0.2, -0.15) is 0 Å². The molecule has 0 unspecified atom stereocenters. The molecule has 23 heavy (non-hydrogen) atoms. The van der Waals surface area contributed by atoms with Crippen molar-refractivity contribution in [3.05, 3.63) is 67.1 Å². The lowest BCUT2D eigenvalue weighted by atomic mass is 10.2. The number of aryl methyl sites for hydroxylation is 1. The lowest BCUT2D eigenvalue weighted by molar-refractivity contribution is -0.385. The Morgan fingerprint density at radius 2 is 1.87 bits per heavy atom. The van der Waals surface area contributed by atoms with Gasteiger partial charge >= 0.3 is 5.69 Å². The largest absolute Gasteiger partial charge is 0.332 e. The fourth-order valence-electron chi connectivity index (χ4n) is 2.52. The van der Waals surface area contributed by atoms with Crippen LogP contribution >= 0.6 is 0 Å². The first kappa shape index (κ1) is 14.7. The molecule has 0 aliphatic heterocycles. The highest BCUT2D eigenvalue weighted by Gasteiger charge is 2.17. The smallest absolute Gasteiger partial charge is 0.320 e. The van der Waals surface area contributed by atoms with Crippen LogP contribution in [-0.4, -0.2) is 23.6 Å². The van der Waals surface area contributed by atoms with E-state index in [4.69, 9.17) is 0 Å². The van der Waals surface area contributed by atoms with Crippen molar-refractivity contribution >= 4 is 16.9 Å². The Hall–Kier alpha value is -3.23. The Kier molecular flexibility index (Phi) is 3.32. The average molecular weight is 315 g/mol. The maximum absolute atomic E-state index is 12.3. The molecule has 0 radical (unpaired) electrons. The molecule has 0 fully saturated rings. The van der Waals surface area contributed by atoms with Crippen LogP contribution in [0.4, 0.5) is 5.69 Å². The second-order valence-corrected chi connectivity index (χ2v) is 5.14. The van der Waals surface area contributed by atoms with Gasteiger partial charge in [0.25, 0.3) is 11.2 Å². The summed E-state index contributed by atoms with van der Waals surface area (Å²) in [5.41, 5.74) is -0.0641. The van der Waals surface area contributed by atoms with Crippen LogP contribution in [0.2, 0.25) is 0 Å². The summed E-state index contributed by atoms with van der Waals surface area (Å²) in [5.74, 6) is 0. The Morgan fingerprint density at radius 3 is 2.57 bits per heavy atom. The third kappa shape index (κ3) is 2.22. The first-order chi connectivity index (χ1) is 10.9. The minimum atomic E-state index is -0.487. The predicted molar refractivity (Wildman–Crippen MR) is 82.4 cm³/mol. The molecular formula is C14H13N5O4.